The average molecular weight is 251 g/mol. The lowest BCUT2D eigenvalue weighted by Gasteiger charge is -2.34. The van der Waals surface area contributed by atoms with Crippen LogP contribution in [0, 0.1) is 5.92 Å². The molecule has 90 valence electrons. The van der Waals surface area contributed by atoms with Crippen molar-refractivity contribution in [1.29, 1.82) is 0 Å². The van der Waals surface area contributed by atoms with E-state index >= 15 is 0 Å². The van der Waals surface area contributed by atoms with Crippen LogP contribution in [0.15, 0.2) is 24.5 Å². The Morgan fingerprint density at radius 2 is 2.29 bits per heavy atom. The number of anilines is 1. The van der Waals surface area contributed by atoms with Gasteiger partial charge in [0, 0.05) is 30.7 Å². The molecule has 1 fully saturated rings. The Kier molecular flexibility index (Phi) is 2.67. The fourth-order valence-electron chi connectivity index (χ4n) is 2.30. The molecule has 0 aromatic carbocycles. The number of nitrogens with zero attached hydrogens (tertiary/aromatic N) is 4. The first-order chi connectivity index (χ1) is 8.24. The molecule has 2 aromatic rings. The molecule has 2 unspecified atom stereocenters. The quantitative estimate of drug-likeness (QED) is 0.728. The Bertz CT molecular complexity index is 524. The van der Waals surface area contributed by atoms with Crippen LogP contribution in [-0.4, -0.2) is 33.1 Å². The van der Waals surface area contributed by atoms with Gasteiger partial charge in [0.1, 0.15) is 5.82 Å². The fourth-order valence-corrected chi connectivity index (χ4v) is 2.48. The van der Waals surface area contributed by atoms with E-state index in [0.717, 1.165) is 31.0 Å². The number of fused-ring (bicyclic) bond motifs is 1. The third kappa shape index (κ3) is 1.97. The zero-order valence-corrected chi connectivity index (χ0v) is 10.5. The largest absolute Gasteiger partial charge is 0.356 e. The normalized spacial score (nSPS) is 25.4. The lowest BCUT2D eigenvalue weighted by Crippen LogP contribution is -2.40. The second-order valence-corrected chi connectivity index (χ2v) is 5.21. The summed E-state index contributed by atoms with van der Waals surface area (Å²) in [7, 11) is 0. The van der Waals surface area contributed by atoms with Crippen LogP contribution in [0.25, 0.3) is 5.65 Å². The number of piperidine rings is 1. The van der Waals surface area contributed by atoms with Crippen molar-refractivity contribution in [2.24, 2.45) is 5.92 Å². The van der Waals surface area contributed by atoms with Crippen LogP contribution in [0.5, 0.6) is 0 Å². The van der Waals surface area contributed by atoms with E-state index in [0.29, 0.717) is 11.3 Å². The summed E-state index contributed by atoms with van der Waals surface area (Å²) in [5.41, 5.74) is 0.892. The minimum Gasteiger partial charge on any atom is -0.356 e. The summed E-state index contributed by atoms with van der Waals surface area (Å²) in [6.45, 7) is 4.16. The molecule has 2 aromatic heterocycles. The average Bonchev–Trinajstić information content (AvgIpc) is 2.79. The highest BCUT2D eigenvalue weighted by Crippen LogP contribution is 2.25. The molecule has 2 atom stereocenters. The monoisotopic (exact) mass is 250 g/mol. The van der Waals surface area contributed by atoms with E-state index in [1.807, 2.05) is 18.3 Å². The summed E-state index contributed by atoms with van der Waals surface area (Å²) in [6, 6.07) is 3.93. The lowest BCUT2D eigenvalue weighted by atomic mass is 10.00. The maximum absolute atomic E-state index is 6.24. The van der Waals surface area contributed by atoms with E-state index in [1.54, 1.807) is 10.7 Å². The molecule has 1 aliphatic heterocycles. The van der Waals surface area contributed by atoms with Crippen molar-refractivity contribution in [1.82, 2.24) is 14.6 Å². The van der Waals surface area contributed by atoms with Gasteiger partial charge in [0.15, 0.2) is 5.65 Å². The van der Waals surface area contributed by atoms with Crippen LogP contribution in [0.3, 0.4) is 0 Å². The Hall–Kier alpha value is -1.29. The van der Waals surface area contributed by atoms with Crippen LogP contribution in [0.1, 0.15) is 13.3 Å². The highest BCUT2D eigenvalue weighted by Gasteiger charge is 2.25. The van der Waals surface area contributed by atoms with Gasteiger partial charge in [-0.15, -0.1) is 11.6 Å². The highest BCUT2D eigenvalue weighted by atomic mass is 35.5. The summed E-state index contributed by atoms with van der Waals surface area (Å²) in [6.07, 6.45) is 4.74. The Balaban J connectivity index is 1.88. The van der Waals surface area contributed by atoms with Gasteiger partial charge in [-0.1, -0.05) is 6.92 Å². The SMILES string of the molecule is CC1CN(c2ccn3nccc3n2)CCC1Cl. The van der Waals surface area contributed by atoms with Crippen molar-refractivity contribution in [3.05, 3.63) is 24.5 Å². The van der Waals surface area contributed by atoms with Gasteiger partial charge in [-0.3, -0.25) is 0 Å². The number of aromatic nitrogens is 3. The van der Waals surface area contributed by atoms with Crippen LogP contribution in [-0.2, 0) is 0 Å². The molecule has 0 N–H and O–H groups in total. The Morgan fingerprint density at radius 1 is 1.41 bits per heavy atom. The Labute approximate surface area is 105 Å². The van der Waals surface area contributed by atoms with Gasteiger partial charge >= 0.3 is 0 Å². The summed E-state index contributed by atoms with van der Waals surface area (Å²) >= 11 is 6.24. The van der Waals surface area contributed by atoms with Crippen LogP contribution < -0.4 is 4.90 Å². The molecule has 4 nitrogen and oxygen atoms in total. The third-order valence-corrected chi connectivity index (χ3v) is 4.02. The van der Waals surface area contributed by atoms with Crippen LogP contribution >= 0.6 is 11.6 Å². The topological polar surface area (TPSA) is 33.4 Å². The van der Waals surface area contributed by atoms with Crippen LogP contribution in [0.4, 0.5) is 5.82 Å². The van der Waals surface area contributed by atoms with E-state index in [1.165, 1.54) is 0 Å². The summed E-state index contributed by atoms with van der Waals surface area (Å²) in [4.78, 5) is 6.90. The molecular weight excluding hydrogens is 236 g/mol. The van der Waals surface area contributed by atoms with Gasteiger partial charge in [0.05, 0.1) is 6.20 Å². The third-order valence-electron chi connectivity index (χ3n) is 3.37. The molecule has 1 saturated heterocycles. The second-order valence-electron chi connectivity index (χ2n) is 4.65. The molecule has 0 bridgehead atoms. The van der Waals surface area contributed by atoms with E-state index in [2.05, 4.69) is 21.9 Å². The minimum atomic E-state index is 0.296. The van der Waals surface area contributed by atoms with E-state index in [9.17, 15) is 0 Å². The van der Waals surface area contributed by atoms with Crippen LogP contribution in [0.2, 0.25) is 0 Å². The van der Waals surface area contributed by atoms with Crippen molar-refractivity contribution in [2.45, 2.75) is 18.7 Å². The molecule has 0 spiro atoms. The number of halogens is 1. The predicted molar refractivity (Wildman–Crippen MR) is 68.6 cm³/mol. The highest BCUT2D eigenvalue weighted by molar-refractivity contribution is 6.20. The first-order valence-corrected chi connectivity index (χ1v) is 6.37. The molecule has 0 radical (unpaired) electrons. The predicted octanol–water partition coefficient (Wildman–Crippen LogP) is 2.18. The first kappa shape index (κ1) is 10.8. The molecule has 3 heterocycles. The standard InChI is InChI=1S/C12H15ClN4/c1-9-8-16(6-3-10(9)13)11-4-7-17-12(15-11)2-5-14-17/h2,4-5,7,9-10H,3,6,8H2,1H3. The first-order valence-electron chi connectivity index (χ1n) is 5.93. The van der Waals surface area contributed by atoms with Gasteiger partial charge in [-0.25, -0.2) is 9.50 Å². The number of alkyl halides is 1. The zero-order chi connectivity index (χ0) is 11.8. The van der Waals surface area contributed by atoms with E-state index < -0.39 is 0 Å². The Morgan fingerprint density at radius 3 is 3.12 bits per heavy atom. The summed E-state index contributed by atoms with van der Waals surface area (Å²) in [5.74, 6) is 1.53. The number of hydrogen-bond acceptors (Lipinski definition) is 3. The molecule has 1 aliphatic rings. The minimum absolute atomic E-state index is 0.296. The molecule has 17 heavy (non-hydrogen) atoms. The van der Waals surface area contributed by atoms with E-state index in [-0.39, 0.29) is 0 Å². The second kappa shape index (κ2) is 4.18. The summed E-state index contributed by atoms with van der Waals surface area (Å²) in [5, 5.41) is 4.44. The number of hydrogen-bond donors (Lipinski definition) is 0. The molecule has 0 saturated carbocycles. The number of rotatable bonds is 1. The van der Waals surface area contributed by atoms with Crippen molar-refractivity contribution < 1.29 is 0 Å². The van der Waals surface area contributed by atoms with Crippen molar-refractivity contribution in [3.8, 4) is 0 Å². The van der Waals surface area contributed by atoms with Gasteiger partial charge in [-0.05, 0) is 18.4 Å². The maximum atomic E-state index is 6.24. The molecule has 5 heteroatoms. The van der Waals surface area contributed by atoms with Crippen molar-refractivity contribution in [2.75, 3.05) is 18.0 Å². The van der Waals surface area contributed by atoms with E-state index in [4.69, 9.17) is 11.6 Å². The van der Waals surface area contributed by atoms with Crippen molar-refractivity contribution in [3.63, 3.8) is 0 Å². The molecule has 0 aliphatic carbocycles. The maximum Gasteiger partial charge on any atom is 0.157 e. The van der Waals surface area contributed by atoms with Gasteiger partial charge < -0.3 is 4.90 Å². The smallest absolute Gasteiger partial charge is 0.157 e. The molecular formula is C12H15ClN4. The van der Waals surface area contributed by atoms with Gasteiger partial charge in [0.25, 0.3) is 0 Å². The summed E-state index contributed by atoms with van der Waals surface area (Å²) < 4.78 is 1.78. The van der Waals surface area contributed by atoms with Crippen molar-refractivity contribution >= 4 is 23.1 Å². The van der Waals surface area contributed by atoms with Gasteiger partial charge in [0.2, 0.25) is 0 Å². The fraction of sp³-hybridized carbons (Fsp3) is 0.500. The lowest BCUT2D eigenvalue weighted by molar-refractivity contribution is 0.452. The zero-order valence-electron chi connectivity index (χ0n) is 9.75. The van der Waals surface area contributed by atoms with Gasteiger partial charge in [-0.2, -0.15) is 5.10 Å². The molecule has 0 amide bonds. The molecule has 3 rings (SSSR count).